The molecule has 0 aromatic heterocycles. The maximum absolute atomic E-state index is 13.1. The number of Topliss-reactive ketones (excluding diaryl/α,β-unsaturated/α-hetero) is 1. The summed E-state index contributed by atoms with van der Waals surface area (Å²) in [6.07, 6.45) is 2.15. The van der Waals surface area contributed by atoms with Gasteiger partial charge in [0.25, 0.3) is 5.91 Å². The Morgan fingerprint density at radius 2 is 1.86 bits per heavy atom. The van der Waals surface area contributed by atoms with E-state index in [-0.39, 0.29) is 11.7 Å². The van der Waals surface area contributed by atoms with Crippen molar-refractivity contribution in [3.05, 3.63) is 29.8 Å². The number of benzene rings is 1. The summed E-state index contributed by atoms with van der Waals surface area (Å²) in [5.41, 5.74) is 0.154. The zero-order valence-electron chi connectivity index (χ0n) is 13.1. The Bertz CT molecular complexity index is 674. The Labute approximate surface area is 130 Å². The Hall–Kier alpha value is -1.72. The van der Waals surface area contributed by atoms with E-state index in [1.165, 1.54) is 0 Å². The van der Waals surface area contributed by atoms with Crippen molar-refractivity contribution in [1.82, 2.24) is 9.80 Å². The number of nitrogens with zero attached hydrogens (tertiary/aromatic N) is 2. The first-order valence-corrected chi connectivity index (χ1v) is 7.92. The molecule has 0 aliphatic carbocycles. The number of likely N-dealkylation sites (tertiary alicyclic amines) is 2. The fourth-order valence-electron chi connectivity index (χ4n) is 4.92. The first-order valence-electron chi connectivity index (χ1n) is 7.92. The average Bonchev–Trinajstić information content (AvgIpc) is 2.97. The number of nitrogens with one attached hydrogen (secondary N) is 1. The number of hydrogen-bond acceptors (Lipinski definition) is 4. The first kappa shape index (κ1) is 13.9. The molecule has 1 aromatic rings. The lowest BCUT2D eigenvalue weighted by molar-refractivity contribution is -0.150. The Morgan fingerprint density at radius 3 is 2.64 bits per heavy atom. The van der Waals surface area contributed by atoms with E-state index in [0.29, 0.717) is 12.8 Å². The van der Waals surface area contributed by atoms with Crippen molar-refractivity contribution in [2.24, 2.45) is 0 Å². The molecule has 5 nitrogen and oxygen atoms in total. The van der Waals surface area contributed by atoms with E-state index in [9.17, 15) is 9.59 Å². The van der Waals surface area contributed by atoms with Gasteiger partial charge in [0.05, 0.1) is 0 Å². The molecule has 0 bridgehead atoms. The number of likely N-dealkylation sites (N-methyl/N-ethyl adjacent to an activating group) is 2. The summed E-state index contributed by atoms with van der Waals surface area (Å²) in [6, 6.07) is 7.79. The molecule has 2 spiro atoms. The van der Waals surface area contributed by atoms with Gasteiger partial charge in [-0.1, -0.05) is 18.2 Å². The number of amides is 1. The van der Waals surface area contributed by atoms with Crippen molar-refractivity contribution in [1.29, 1.82) is 0 Å². The molecule has 22 heavy (non-hydrogen) atoms. The zero-order chi connectivity index (χ0) is 15.5. The van der Waals surface area contributed by atoms with Gasteiger partial charge in [-0.2, -0.15) is 0 Å². The molecule has 1 aromatic carbocycles. The van der Waals surface area contributed by atoms with Crippen molar-refractivity contribution >= 4 is 17.4 Å². The van der Waals surface area contributed by atoms with Gasteiger partial charge < -0.3 is 5.32 Å². The van der Waals surface area contributed by atoms with Crippen molar-refractivity contribution in [3.8, 4) is 0 Å². The monoisotopic (exact) mass is 299 g/mol. The molecule has 2 fully saturated rings. The van der Waals surface area contributed by atoms with Gasteiger partial charge in [0.2, 0.25) is 0 Å². The molecule has 4 rings (SSSR count). The van der Waals surface area contributed by atoms with Crippen LogP contribution >= 0.6 is 0 Å². The van der Waals surface area contributed by atoms with E-state index in [0.717, 1.165) is 30.8 Å². The predicted octanol–water partition coefficient (Wildman–Crippen LogP) is 1.20. The summed E-state index contributed by atoms with van der Waals surface area (Å²) in [6.45, 7) is 1.61. The summed E-state index contributed by atoms with van der Waals surface area (Å²) >= 11 is 0. The smallest absolute Gasteiger partial charge is 0.252 e. The van der Waals surface area contributed by atoms with Gasteiger partial charge in [0.1, 0.15) is 5.54 Å². The first-order chi connectivity index (χ1) is 10.5. The molecule has 2 unspecified atom stereocenters. The van der Waals surface area contributed by atoms with Crippen LogP contribution in [0.25, 0.3) is 0 Å². The number of carbonyl (C=O) groups is 2. The number of fused-ring (bicyclic) bond motifs is 3. The van der Waals surface area contributed by atoms with Gasteiger partial charge in [-0.15, -0.1) is 0 Å². The molecule has 3 aliphatic heterocycles. The Morgan fingerprint density at radius 1 is 1.09 bits per heavy atom. The number of rotatable bonds is 0. The minimum absolute atomic E-state index is 0.0594. The summed E-state index contributed by atoms with van der Waals surface area (Å²) in [5, 5.41) is 3.01. The molecule has 5 heteroatoms. The zero-order valence-corrected chi connectivity index (χ0v) is 13.1. The summed E-state index contributed by atoms with van der Waals surface area (Å²) in [7, 11) is 3.96. The third-order valence-corrected chi connectivity index (χ3v) is 5.88. The fourth-order valence-corrected chi connectivity index (χ4v) is 4.92. The van der Waals surface area contributed by atoms with Crippen LogP contribution < -0.4 is 5.32 Å². The number of carbonyl (C=O) groups excluding carboxylic acids is 2. The lowest BCUT2D eigenvalue weighted by Crippen LogP contribution is -2.70. The topological polar surface area (TPSA) is 52.7 Å². The SMILES string of the molecule is CN1CCCC(=O)C12CCN(C)C21C(=O)Nc2ccccc21. The quantitative estimate of drug-likeness (QED) is 0.782. The maximum Gasteiger partial charge on any atom is 0.252 e. The van der Waals surface area contributed by atoms with Crippen molar-refractivity contribution < 1.29 is 9.59 Å². The second-order valence-electron chi connectivity index (χ2n) is 6.69. The predicted molar refractivity (Wildman–Crippen MR) is 83.6 cm³/mol. The summed E-state index contributed by atoms with van der Waals surface area (Å²) < 4.78 is 0. The highest BCUT2D eigenvalue weighted by Crippen LogP contribution is 2.55. The second kappa shape index (κ2) is 4.40. The molecule has 116 valence electrons. The number of anilines is 1. The average molecular weight is 299 g/mol. The van der Waals surface area contributed by atoms with Crippen molar-refractivity contribution in [3.63, 3.8) is 0 Å². The van der Waals surface area contributed by atoms with Crippen LogP contribution in [0.1, 0.15) is 24.8 Å². The van der Waals surface area contributed by atoms with E-state index in [4.69, 9.17) is 0 Å². The van der Waals surface area contributed by atoms with Gasteiger partial charge >= 0.3 is 0 Å². The van der Waals surface area contributed by atoms with Crippen LogP contribution in [0, 0.1) is 0 Å². The van der Waals surface area contributed by atoms with Crippen LogP contribution in [0.3, 0.4) is 0 Å². The lowest BCUT2D eigenvalue weighted by atomic mass is 9.67. The molecule has 1 amide bonds. The van der Waals surface area contributed by atoms with Gasteiger partial charge in [0, 0.05) is 24.2 Å². The molecule has 3 heterocycles. The highest BCUT2D eigenvalue weighted by atomic mass is 16.2. The van der Waals surface area contributed by atoms with E-state index in [1.54, 1.807) is 0 Å². The molecule has 0 radical (unpaired) electrons. The molecule has 3 aliphatic rings. The second-order valence-corrected chi connectivity index (χ2v) is 6.69. The van der Waals surface area contributed by atoms with E-state index >= 15 is 0 Å². The lowest BCUT2D eigenvalue weighted by Gasteiger charge is -2.51. The fraction of sp³-hybridized carbons (Fsp3) is 0.529. The number of ketones is 1. The van der Waals surface area contributed by atoms with Crippen molar-refractivity contribution in [2.75, 3.05) is 32.5 Å². The molecule has 2 saturated heterocycles. The summed E-state index contributed by atoms with van der Waals surface area (Å²) in [4.78, 5) is 30.3. The molecule has 1 N–H and O–H groups in total. The van der Waals surface area contributed by atoms with Gasteiger partial charge in [0.15, 0.2) is 11.3 Å². The minimum Gasteiger partial charge on any atom is -0.324 e. The van der Waals surface area contributed by atoms with Gasteiger partial charge in [-0.3, -0.25) is 19.4 Å². The van der Waals surface area contributed by atoms with Gasteiger partial charge in [-0.05, 0) is 39.5 Å². The van der Waals surface area contributed by atoms with E-state index in [1.807, 2.05) is 38.4 Å². The third kappa shape index (κ3) is 1.32. The van der Waals surface area contributed by atoms with Crippen LogP contribution in [-0.2, 0) is 15.1 Å². The minimum atomic E-state index is -0.893. The highest BCUT2D eigenvalue weighted by Gasteiger charge is 2.71. The van der Waals surface area contributed by atoms with Crippen LogP contribution in [0.5, 0.6) is 0 Å². The molecular formula is C17H21N3O2. The number of piperidine rings is 1. The Kier molecular flexibility index (Phi) is 2.78. The molecular weight excluding hydrogens is 278 g/mol. The molecule has 2 atom stereocenters. The molecule has 0 saturated carbocycles. The standard InChI is InChI=1S/C17H21N3O2/c1-19-10-5-8-14(21)16(19)9-11-20(2)17(16)12-6-3-4-7-13(12)18-15(17)22/h3-4,6-7H,5,8-11H2,1-2H3,(H,18,22). The maximum atomic E-state index is 13.1. The number of hydrogen-bond donors (Lipinski definition) is 1. The number of para-hydroxylation sites is 1. The van der Waals surface area contributed by atoms with E-state index < -0.39 is 11.1 Å². The van der Waals surface area contributed by atoms with Crippen LogP contribution in [0.4, 0.5) is 5.69 Å². The van der Waals surface area contributed by atoms with Crippen LogP contribution in [0.2, 0.25) is 0 Å². The Balaban J connectivity index is 2.02. The largest absolute Gasteiger partial charge is 0.324 e. The van der Waals surface area contributed by atoms with Crippen LogP contribution in [-0.4, -0.2) is 54.2 Å². The highest BCUT2D eigenvalue weighted by molar-refractivity contribution is 6.12. The third-order valence-electron chi connectivity index (χ3n) is 5.88. The summed E-state index contributed by atoms with van der Waals surface area (Å²) in [5.74, 6) is 0.147. The van der Waals surface area contributed by atoms with Gasteiger partial charge in [-0.25, -0.2) is 0 Å². The van der Waals surface area contributed by atoms with E-state index in [2.05, 4.69) is 15.1 Å². The van der Waals surface area contributed by atoms with Crippen LogP contribution in [0.15, 0.2) is 24.3 Å². The van der Waals surface area contributed by atoms with Crippen molar-refractivity contribution in [2.45, 2.75) is 30.3 Å². The normalized spacial score (nSPS) is 35.4.